The smallest absolute Gasteiger partial charge is 0.326 e. The molecule has 0 radical (unpaired) electrons. The Bertz CT molecular complexity index is 378. The minimum absolute atomic E-state index is 0.370. The predicted molar refractivity (Wildman–Crippen MR) is 68.2 cm³/mol. The lowest BCUT2D eigenvalue weighted by Crippen LogP contribution is -2.57. The Labute approximate surface area is 116 Å². The average Bonchev–Trinajstić information content (AvgIpc) is 2.37. The van der Waals surface area contributed by atoms with Gasteiger partial charge in [0, 0.05) is 6.61 Å². The minimum atomic E-state index is -1.32. The number of aliphatic carboxylic acids is 1. The molecule has 0 saturated carbocycles. The Morgan fingerprint density at radius 1 is 1.45 bits per heavy atom. The molecule has 1 aliphatic rings. The molecule has 1 heterocycles. The van der Waals surface area contributed by atoms with E-state index in [1.54, 1.807) is 0 Å². The molecule has 0 aliphatic carbocycles. The molecule has 114 valence electrons. The van der Waals surface area contributed by atoms with Crippen LogP contribution < -0.4 is 10.6 Å². The zero-order valence-corrected chi connectivity index (χ0v) is 11.6. The van der Waals surface area contributed by atoms with Crippen LogP contribution in [0.5, 0.6) is 0 Å². The van der Waals surface area contributed by atoms with Crippen LogP contribution in [0.2, 0.25) is 0 Å². The SMILES string of the molecule is COC(=O)C[C@H](NC(=O)NC1(C)CCCOC1)C(=O)O. The first-order chi connectivity index (χ1) is 9.36. The number of hydrogen-bond acceptors (Lipinski definition) is 5. The minimum Gasteiger partial charge on any atom is -0.480 e. The summed E-state index contributed by atoms with van der Waals surface area (Å²) in [5, 5.41) is 13.9. The van der Waals surface area contributed by atoms with Gasteiger partial charge in [-0.2, -0.15) is 0 Å². The van der Waals surface area contributed by atoms with E-state index >= 15 is 0 Å². The first-order valence-electron chi connectivity index (χ1n) is 6.32. The van der Waals surface area contributed by atoms with Crippen molar-refractivity contribution in [3.8, 4) is 0 Å². The van der Waals surface area contributed by atoms with E-state index in [-0.39, 0.29) is 0 Å². The molecule has 1 fully saturated rings. The van der Waals surface area contributed by atoms with Gasteiger partial charge >= 0.3 is 18.0 Å². The molecule has 1 saturated heterocycles. The van der Waals surface area contributed by atoms with Gasteiger partial charge in [0.25, 0.3) is 0 Å². The van der Waals surface area contributed by atoms with Crippen LogP contribution in [-0.2, 0) is 19.1 Å². The summed E-state index contributed by atoms with van der Waals surface area (Å²) in [6.07, 6.45) is 1.14. The number of nitrogens with one attached hydrogen (secondary N) is 2. The van der Waals surface area contributed by atoms with Gasteiger partial charge in [0.2, 0.25) is 0 Å². The van der Waals surface area contributed by atoms with Crippen LogP contribution in [0.15, 0.2) is 0 Å². The molecular weight excluding hydrogens is 268 g/mol. The lowest BCUT2D eigenvalue weighted by molar-refractivity contribution is -0.147. The molecule has 3 N–H and O–H groups in total. The Morgan fingerprint density at radius 3 is 2.65 bits per heavy atom. The number of urea groups is 1. The van der Waals surface area contributed by atoms with Crippen LogP contribution in [0, 0.1) is 0 Å². The van der Waals surface area contributed by atoms with E-state index in [9.17, 15) is 14.4 Å². The van der Waals surface area contributed by atoms with Gasteiger partial charge in [-0.3, -0.25) is 4.79 Å². The quantitative estimate of drug-likeness (QED) is 0.607. The molecule has 1 aliphatic heterocycles. The number of hydrogen-bond donors (Lipinski definition) is 3. The molecule has 0 spiro atoms. The van der Waals surface area contributed by atoms with Gasteiger partial charge in [-0.1, -0.05) is 0 Å². The van der Waals surface area contributed by atoms with Gasteiger partial charge in [0.15, 0.2) is 0 Å². The van der Waals surface area contributed by atoms with E-state index in [0.29, 0.717) is 13.2 Å². The highest BCUT2D eigenvalue weighted by atomic mass is 16.5. The van der Waals surface area contributed by atoms with E-state index < -0.39 is 36.0 Å². The normalized spacial score (nSPS) is 23.5. The first-order valence-corrected chi connectivity index (χ1v) is 6.32. The van der Waals surface area contributed by atoms with Crippen molar-refractivity contribution in [2.75, 3.05) is 20.3 Å². The molecule has 0 aromatic rings. The molecule has 0 aromatic carbocycles. The highest BCUT2D eigenvalue weighted by Crippen LogP contribution is 2.17. The molecule has 2 atom stereocenters. The second kappa shape index (κ2) is 7.09. The molecule has 8 nitrogen and oxygen atoms in total. The lowest BCUT2D eigenvalue weighted by Gasteiger charge is -2.34. The second-order valence-electron chi connectivity index (χ2n) is 4.99. The van der Waals surface area contributed by atoms with Crippen LogP contribution >= 0.6 is 0 Å². The van der Waals surface area contributed by atoms with Crippen LogP contribution in [-0.4, -0.2) is 55.0 Å². The third-order valence-electron chi connectivity index (χ3n) is 3.06. The van der Waals surface area contributed by atoms with E-state index in [2.05, 4.69) is 15.4 Å². The number of amides is 2. The maximum absolute atomic E-state index is 11.8. The topological polar surface area (TPSA) is 114 Å². The zero-order valence-electron chi connectivity index (χ0n) is 11.6. The molecule has 8 heteroatoms. The van der Waals surface area contributed by atoms with Crippen LogP contribution in [0.25, 0.3) is 0 Å². The van der Waals surface area contributed by atoms with Crippen molar-refractivity contribution >= 4 is 18.0 Å². The number of carbonyl (C=O) groups excluding carboxylic acids is 2. The molecule has 0 bridgehead atoms. The maximum Gasteiger partial charge on any atom is 0.326 e. The lowest BCUT2D eigenvalue weighted by atomic mass is 9.95. The summed E-state index contributed by atoms with van der Waals surface area (Å²) in [6, 6.07) is -1.97. The van der Waals surface area contributed by atoms with Gasteiger partial charge in [0.1, 0.15) is 6.04 Å². The number of ether oxygens (including phenoxy) is 2. The summed E-state index contributed by atoms with van der Waals surface area (Å²) in [5.41, 5.74) is -0.531. The fourth-order valence-electron chi connectivity index (χ4n) is 1.95. The Morgan fingerprint density at radius 2 is 2.15 bits per heavy atom. The summed E-state index contributed by atoms with van der Waals surface area (Å²) in [4.78, 5) is 33.9. The third-order valence-corrected chi connectivity index (χ3v) is 3.06. The van der Waals surface area contributed by atoms with Crippen molar-refractivity contribution in [3.63, 3.8) is 0 Å². The Hall–Kier alpha value is -1.83. The molecule has 1 rings (SSSR count). The van der Waals surface area contributed by atoms with Gasteiger partial charge in [-0.15, -0.1) is 0 Å². The van der Waals surface area contributed by atoms with Crippen molar-refractivity contribution in [1.82, 2.24) is 10.6 Å². The zero-order chi connectivity index (χ0) is 15.2. The molecule has 0 aromatic heterocycles. The number of carboxylic acids is 1. The van der Waals surface area contributed by atoms with Crippen LogP contribution in [0.3, 0.4) is 0 Å². The van der Waals surface area contributed by atoms with E-state index in [1.807, 2.05) is 6.92 Å². The highest BCUT2D eigenvalue weighted by molar-refractivity contribution is 5.86. The average molecular weight is 288 g/mol. The highest BCUT2D eigenvalue weighted by Gasteiger charge is 2.31. The van der Waals surface area contributed by atoms with Crippen molar-refractivity contribution < 1.29 is 29.0 Å². The summed E-state index contributed by atoms with van der Waals surface area (Å²) in [6.45, 7) is 2.84. The second-order valence-corrected chi connectivity index (χ2v) is 4.99. The van der Waals surface area contributed by atoms with Crippen molar-refractivity contribution in [1.29, 1.82) is 0 Å². The predicted octanol–water partition coefficient (Wildman–Crippen LogP) is -0.129. The molecule has 2 amide bonds. The summed E-state index contributed by atoms with van der Waals surface area (Å²) in [5.74, 6) is -2.00. The monoisotopic (exact) mass is 288 g/mol. The first kappa shape index (κ1) is 16.2. The number of carbonyl (C=O) groups is 3. The number of carboxylic acid groups (broad SMARTS) is 1. The fraction of sp³-hybridized carbons (Fsp3) is 0.750. The maximum atomic E-state index is 11.8. The van der Waals surface area contributed by atoms with Gasteiger partial charge in [0.05, 0.1) is 25.7 Å². The largest absolute Gasteiger partial charge is 0.480 e. The molecule has 1 unspecified atom stereocenters. The van der Waals surface area contributed by atoms with Gasteiger partial charge in [-0.05, 0) is 19.8 Å². The van der Waals surface area contributed by atoms with Gasteiger partial charge < -0.3 is 25.2 Å². The third kappa shape index (κ3) is 5.04. The van der Waals surface area contributed by atoms with Crippen molar-refractivity contribution in [3.05, 3.63) is 0 Å². The Kier molecular flexibility index (Phi) is 5.75. The Balaban J connectivity index is 2.53. The van der Waals surface area contributed by atoms with E-state index in [1.165, 1.54) is 0 Å². The number of methoxy groups -OCH3 is 1. The van der Waals surface area contributed by atoms with E-state index in [0.717, 1.165) is 20.0 Å². The summed E-state index contributed by atoms with van der Waals surface area (Å²) >= 11 is 0. The molecular formula is C12H20N2O6. The van der Waals surface area contributed by atoms with Gasteiger partial charge in [-0.25, -0.2) is 9.59 Å². The number of rotatable bonds is 5. The van der Waals surface area contributed by atoms with Crippen LogP contribution in [0.4, 0.5) is 4.79 Å². The van der Waals surface area contributed by atoms with E-state index in [4.69, 9.17) is 9.84 Å². The number of esters is 1. The van der Waals surface area contributed by atoms with Crippen molar-refractivity contribution in [2.45, 2.75) is 37.8 Å². The molecule has 20 heavy (non-hydrogen) atoms. The standard InChI is InChI=1S/C12H20N2O6/c1-12(4-3-5-20-7-12)14-11(18)13-8(10(16)17)6-9(15)19-2/h8H,3-7H2,1-2H3,(H,16,17)(H2,13,14,18)/t8-,12?/m0/s1. The van der Waals surface area contributed by atoms with Crippen LogP contribution in [0.1, 0.15) is 26.2 Å². The fourth-order valence-corrected chi connectivity index (χ4v) is 1.95. The summed E-state index contributed by atoms with van der Waals surface area (Å²) < 4.78 is 9.68. The summed E-state index contributed by atoms with van der Waals surface area (Å²) in [7, 11) is 1.15. The van der Waals surface area contributed by atoms with Crippen molar-refractivity contribution in [2.24, 2.45) is 0 Å².